The Kier molecular flexibility index (Phi) is 4.93. The molecule has 2 heterocycles. The molecule has 1 fully saturated rings. The molecule has 0 aliphatic carbocycles. The van der Waals surface area contributed by atoms with Crippen LogP contribution in [0.5, 0.6) is 0 Å². The smallest absolute Gasteiger partial charge is 0.410 e. The zero-order valence-electron chi connectivity index (χ0n) is 15.1. The molecule has 0 N–H and O–H groups in total. The fourth-order valence-corrected chi connectivity index (χ4v) is 2.88. The van der Waals surface area contributed by atoms with E-state index in [4.69, 9.17) is 4.74 Å². The molecule has 1 amide bonds. The maximum Gasteiger partial charge on any atom is 0.410 e. The number of hydrogen-bond acceptors (Lipinski definition) is 4. The average Bonchev–Trinajstić information content (AvgIpc) is 2.61. The molecule has 1 aromatic carbocycles. The van der Waals surface area contributed by atoms with Gasteiger partial charge in [-0.2, -0.15) is 0 Å². The van der Waals surface area contributed by atoms with Crippen LogP contribution in [-0.2, 0) is 4.74 Å². The lowest BCUT2D eigenvalue weighted by molar-refractivity contribution is 0.0240. The van der Waals surface area contributed by atoms with E-state index in [0.29, 0.717) is 13.1 Å². The molecule has 3 rings (SSSR count). The van der Waals surface area contributed by atoms with Crippen molar-refractivity contribution < 1.29 is 9.53 Å². The van der Waals surface area contributed by atoms with E-state index >= 15 is 0 Å². The standard InChI is InChI=1S/C20H25N3O2/c1-20(2,3)25-19(24)23-14-12-22(13-15-23)18-6-4-16(5-7-18)17-8-10-21-11-9-17/h4-11H,12-15H2,1-3H3. The highest BCUT2D eigenvalue weighted by molar-refractivity contribution is 5.69. The van der Waals surface area contributed by atoms with Crippen molar-refractivity contribution in [1.82, 2.24) is 9.88 Å². The summed E-state index contributed by atoms with van der Waals surface area (Å²) in [6.07, 6.45) is 3.39. The third-order valence-corrected chi connectivity index (χ3v) is 4.18. The van der Waals surface area contributed by atoms with Crippen molar-refractivity contribution in [1.29, 1.82) is 0 Å². The maximum atomic E-state index is 12.1. The molecule has 0 radical (unpaired) electrons. The number of piperazine rings is 1. The van der Waals surface area contributed by atoms with E-state index in [1.54, 1.807) is 17.3 Å². The number of rotatable bonds is 2. The van der Waals surface area contributed by atoms with Gasteiger partial charge < -0.3 is 14.5 Å². The first kappa shape index (κ1) is 17.3. The minimum atomic E-state index is -0.447. The average molecular weight is 339 g/mol. The summed E-state index contributed by atoms with van der Waals surface area (Å²) >= 11 is 0. The SMILES string of the molecule is CC(C)(C)OC(=O)N1CCN(c2ccc(-c3ccncc3)cc2)CC1. The molecule has 0 atom stereocenters. The summed E-state index contributed by atoms with van der Waals surface area (Å²) in [4.78, 5) is 20.3. The van der Waals surface area contributed by atoms with Gasteiger partial charge in [0, 0.05) is 44.3 Å². The van der Waals surface area contributed by atoms with Gasteiger partial charge in [0.05, 0.1) is 0 Å². The second kappa shape index (κ2) is 7.13. The Morgan fingerprint density at radius 2 is 1.48 bits per heavy atom. The molecule has 132 valence electrons. The Morgan fingerprint density at radius 3 is 2.04 bits per heavy atom. The van der Waals surface area contributed by atoms with Crippen molar-refractivity contribution in [3.05, 3.63) is 48.8 Å². The highest BCUT2D eigenvalue weighted by Crippen LogP contribution is 2.23. The van der Waals surface area contributed by atoms with Gasteiger partial charge in [-0.25, -0.2) is 4.79 Å². The van der Waals surface area contributed by atoms with Crippen molar-refractivity contribution in [2.24, 2.45) is 0 Å². The van der Waals surface area contributed by atoms with Crippen molar-refractivity contribution in [3.63, 3.8) is 0 Å². The van der Waals surface area contributed by atoms with Gasteiger partial charge in [-0.05, 0) is 56.2 Å². The number of carbonyl (C=O) groups excluding carboxylic acids is 1. The number of hydrogen-bond donors (Lipinski definition) is 0. The molecule has 5 nitrogen and oxygen atoms in total. The summed E-state index contributed by atoms with van der Waals surface area (Å²) in [7, 11) is 0. The van der Waals surface area contributed by atoms with Gasteiger partial charge in [-0.3, -0.25) is 4.98 Å². The predicted octanol–water partition coefficient (Wildman–Crippen LogP) is 3.81. The van der Waals surface area contributed by atoms with Crippen LogP contribution in [0.15, 0.2) is 48.8 Å². The molecule has 1 aliphatic rings. The molecule has 1 aliphatic heterocycles. The number of carbonyl (C=O) groups is 1. The fourth-order valence-electron chi connectivity index (χ4n) is 2.88. The number of ether oxygens (including phenoxy) is 1. The van der Waals surface area contributed by atoms with Crippen LogP contribution in [-0.4, -0.2) is 47.8 Å². The fraction of sp³-hybridized carbons (Fsp3) is 0.400. The largest absolute Gasteiger partial charge is 0.444 e. The Labute approximate surface area is 149 Å². The van der Waals surface area contributed by atoms with Gasteiger partial charge in [0.2, 0.25) is 0 Å². The van der Waals surface area contributed by atoms with Crippen molar-refractivity contribution in [3.8, 4) is 11.1 Å². The molecule has 0 saturated carbocycles. The zero-order valence-corrected chi connectivity index (χ0v) is 15.1. The number of pyridine rings is 1. The number of amides is 1. The number of anilines is 1. The van der Waals surface area contributed by atoms with Gasteiger partial charge in [0.25, 0.3) is 0 Å². The van der Waals surface area contributed by atoms with Crippen molar-refractivity contribution >= 4 is 11.8 Å². The third kappa shape index (κ3) is 4.50. The highest BCUT2D eigenvalue weighted by atomic mass is 16.6. The number of aromatic nitrogens is 1. The minimum Gasteiger partial charge on any atom is -0.444 e. The molecule has 2 aromatic rings. The minimum absolute atomic E-state index is 0.222. The van der Waals surface area contributed by atoms with Gasteiger partial charge in [0.15, 0.2) is 0 Å². The van der Waals surface area contributed by atoms with Crippen LogP contribution in [0.4, 0.5) is 10.5 Å². The Morgan fingerprint density at radius 1 is 0.920 bits per heavy atom. The monoisotopic (exact) mass is 339 g/mol. The summed E-state index contributed by atoms with van der Waals surface area (Å²) in [5.74, 6) is 0. The quantitative estimate of drug-likeness (QED) is 0.835. The normalized spacial score (nSPS) is 15.2. The van der Waals surface area contributed by atoms with Gasteiger partial charge in [0.1, 0.15) is 5.60 Å². The summed E-state index contributed by atoms with van der Waals surface area (Å²) in [6.45, 7) is 8.67. The Hall–Kier alpha value is -2.56. The van der Waals surface area contributed by atoms with E-state index in [2.05, 4.69) is 34.1 Å². The number of benzene rings is 1. The lowest BCUT2D eigenvalue weighted by Gasteiger charge is -2.36. The van der Waals surface area contributed by atoms with Crippen molar-refractivity contribution in [2.75, 3.05) is 31.1 Å². The molecule has 1 saturated heterocycles. The van der Waals surface area contributed by atoms with Crippen LogP contribution in [0.1, 0.15) is 20.8 Å². The van der Waals surface area contributed by atoms with Crippen LogP contribution in [0, 0.1) is 0 Å². The summed E-state index contributed by atoms with van der Waals surface area (Å²) in [5.41, 5.74) is 3.08. The molecular formula is C20H25N3O2. The van der Waals surface area contributed by atoms with E-state index < -0.39 is 5.60 Å². The van der Waals surface area contributed by atoms with Crippen LogP contribution >= 0.6 is 0 Å². The second-order valence-electron chi connectivity index (χ2n) is 7.24. The van der Waals surface area contributed by atoms with E-state index in [1.165, 1.54) is 11.3 Å². The van der Waals surface area contributed by atoms with Crippen LogP contribution in [0.3, 0.4) is 0 Å². The first-order valence-corrected chi connectivity index (χ1v) is 8.66. The zero-order chi connectivity index (χ0) is 17.9. The molecule has 25 heavy (non-hydrogen) atoms. The predicted molar refractivity (Wildman–Crippen MR) is 99.7 cm³/mol. The molecule has 5 heteroatoms. The van der Waals surface area contributed by atoms with Crippen LogP contribution in [0.25, 0.3) is 11.1 Å². The highest BCUT2D eigenvalue weighted by Gasteiger charge is 2.25. The lowest BCUT2D eigenvalue weighted by atomic mass is 10.1. The topological polar surface area (TPSA) is 45.7 Å². The lowest BCUT2D eigenvalue weighted by Crippen LogP contribution is -2.50. The van der Waals surface area contributed by atoms with Crippen LogP contribution < -0.4 is 4.90 Å². The molecule has 0 unspecified atom stereocenters. The van der Waals surface area contributed by atoms with Gasteiger partial charge in [-0.1, -0.05) is 12.1 Å². The van der Waals surface area contributed by atoms with E-state index in [0.717, 1.165) is 18.7 Å². The van der Waals surface area contributed by atoms with Gasteiger partial charge >= 0.3 is 6.09 Å². The Balaban J connectivity index is 1.59. The van der Waals surface area contributed by atoms with Crippen molar-refractivity contribution in [2.45, 2.75) is 26.4 Å². The molecule has 0 bridgehead atoms. The van der Waals surface area contributed by atoms with Crippen LogP contribution in [0.2, 0.25) is 0 Å². The first-order valence-electron chi connectivity index (χ1n) is 8.66. The van der Waals surface area contributed by atoms with E-state index in [1.807, 2.05) is 32.9 Å². The third-order valence-electron chi connectivity index (χ3n) is 4.18. The second-order valence-corrected chi connectivity index (χ2v) is 7.24. The summed E-state index contributed by atoms with van der Waals surface area (Å²) in [6, 6.07) is 12.6. The van der Waals surface area contributed by atoms with E-state index in [9.17, 15) is 4.79 Å². The maximum absolute atomic E-state index is 12.1. The number of nitrogens with zero attached hydrogens (tertiary/aromatic N) is 3. The molecule has 0 spiro atoms. The van der Waals surface area contributed by atoms with Gasteiger partial charge in [-0.15, -0.1) is 0 Å². The van der Waals surface area contributed by atoms with E-state index in [-0.39, 0.29) is 6.09 Å². The summed E-state index contributed by atoms with van der Waals surface area (Å²) < 4.78 is 5.45. The summed E-state index contributed by atoms with van der Waals surface area (Å²) in [5, 5.41) is 0. The molecule has 1 aromatic heterocycles. The Bertz CT molecular complexity index is 700. The first-order chi connectivity index (χ1) is 11.9. The molecular weight excluding hydrogens is 314 g/mol.